The number of piperazine rings is 1. The number of halogens is 1. The van der Waals surface area contributed by atoms with Gasteiger partial charge in [-0.2, -0.15) is 4.31 Å². The van der Waals surface area contributed by atoms with Crippen molar-refractivity contribution in [2.24, 2.45) is 0 Å². The van der Waals surface area contributed by atoms with Gasteiger partial charge >= 0.3 is 0 Å². The maximum absolute atomic E-state index is 12.6. The minimum atomic E-state index is -3.36. The highest BCUT2D eigenvalue weighted by Gasteiger charge is 2.29. The van der Waals surface area contributed by atoms with Gasteiger partial charge in [-0.05, 0) is 44.5 Å². The summed E-state index contributed by atoms with van der Waals surface area (Å²) >= 11 is 3.40. The molecule has 1 heterocycles. The van der Waals surface area contributed by atoms with Crippen molar-refractivity contribution in [3.8, 4) is 0 Å². The molecule has 1 aromatic carbocycles. The van der Waals surface area contributed by atoms with E-state index in [1.165, 1.54) is 0 Å². The Kier molecular flexibility index (Phi) is 4.89. The molecule has 20 heavy (non-hydrogen) atoms. The number of benzene rings is 1. The number of nitrogens with zero attached hydrogens (tertiary/aromatic N) is 2. The van der Waals surface area contributed by atoms with E-state index in [0.717, 1.165) is 23.1 Å². The first-order valence-corrected chi connectivity index (χ1v) is 9.06. The van der Waals surface area contributed by atoms with Gasteiger partial charge in [0.2, 0.25) is 10.0 Å². The van der Waals surface area contributed by atoms with Crippen molar-refractivity contribution in [2.75, 3.05) is 26.2 Å². The largest absolute Gasteiger partial charge is 0.298 e. The van der Waals surface area contributed by atoms with E-state index in [1.807, 2.05) is 6.92 Å². The normalized spacial score (nSPS) is 18.6. The predicted molar refractivity (Wildman–Crippen MR) is 84.3 cm³/mol. The summed E-state index contributed by atoms with van der Waals surface area (Å²) in [5.41, 5.74) is 0.937. The van der Waals surface area contributed by atoms with Crippen LogP contribution >= 0.6 is 15.9 Å². The van der Waals surface area contributed by atoms with Gasteiger partial charge in [-0.3, -0.25) is 4.90 Å². The molecule has 0 N–H and O–H groups in total. The van der Waals surface area contributed by atoms with Crippen molar-refractivity contribution in [3.63, 3.8) is 0 Å². The minimum Gasteiger partial charge on any atom is -0.298 e. The molecular formula is C14H21BrN2O2S. The number of hydrogen-bond acceptors (Lipinski definition) is 3. The molecule has 112 valence electrons. The Hall–Kier alpha value is -0.430. The molecule has 0 saturated carbocycles. The van der Waals surface area contributed by atoms with E-state index in [0.29, 0.717) is 24.0 Å². The average Bonchev–Trinajstić information content (AvgIpc) is 2.41. The van der Waals surface area contributed by atoms with Gasteiger partial charge in [0.05, 0.1) is 4.90 Å². The highest BCUT2D eigenvalue weighted by Crippen LogP contribution is 2.23. The summed E-state index contributed by atoms with van der Waals surface area (Å²) in [6.07, 6.45) is 0. The molecule has 1 aliphatic heterocycles. The van der Waals surface area contributed by atoms with Crippen LogP contribution in [0.1, 0.15) is 19.4 Å². The van der Waals surface area contributed by atoms with Crippen LogP contribution in [0.5, 0.6) is 0 Å². The van der Waals surface area contributed by atoms with Crippen molar-refractivity contribution in [1.29, 1.82) is 0 Å². The summed E-state index contributed by atoms with van der Waals surface area (Å²) in [6.45, 7) is 8.91. The van der Waals surface area contributed by atoms with Crippen LogP contribution in [0.2, 0.25) is 0 Å². The minimum absolute atomic E-state index is 0.385. The first-order valence-electron chi connectivity index (χ1n) is 6.82. The number of sulfonamides is 1. The molecule has 6 heteroatoms. The average molecular weight is 361 g/mol. The summed E-state index contributed by atoms with van der Waals surface area (Å²) in [5.74, 6) is 0. The third-order valence-corrected chi connectivity index (χ3v) is 6.56. The van der Waals surface area contributed by atoms with E-state index in [-0.39, 0.29) is 0 Å². The molecular weight excluding hydrogens is 340 g/mol. The Labute approximate surface area is 129 Å². The molecule has 2 rings (SSSR count). The fourth-order valence-electron chi connectivity index (χ4n) is 2.39. The van der Waals surface area contributed by atoms with Gasteiger partial charge in [-0.1, -0.05) is 15.9 Å². The van der Waals surface area contributed by atoms with Crippen LogP contribution in [0.25, 0.3) is 0 Å². The fraction of sp³-hybridized carbons (Fsp3) is 0.571. The highest BCUT2D eigenvalue weighted by atomic mass is 79.9. The molecule has 1 aliphatic rings. The third-order valence-electron chi connectivity index (χ3n) is 3.77. The summed E-state index contributed by atoms with van der Waals surface area (Å²) in [7, 11) is -3.36. The van der Waals surface area contributed by atoms with Gasteiger partial charge in [0.25, 0.3) is 0 Å². The lowest BCUT2D eigenvalue weighted by Crippen LogP contribution is -2.50. The molecule has 0 unspecified atom stereocenters. The molecule has 0 atom stereocenters. The van der Waals surface area contributed by atoms with Crippen molar-refractivity contribution in [1.82, 2.24) is 9.21 Å². The lowest BCUT2D eigenvalue weighted by molar-refractivity contribution is 0.154. The van der Waals surface area contributed by atoms with Gasteiger partial charge in [0.1, 0.15) is 0 Å². The molecule has 0 spiro atoms. The molecule has 1 aromatic rings. The van der Waals surface area contributed by atoms with Gasteiger partial charge < -0.3 is 0 Å². The Morgan fingerprint density at radius 1 is 1.15 bits per heavy atom. The molecule has 0 aliphatic carbocycles. The Morgan fingerprint density at radius 3 is 2.25 bits per heavy atom. The third kappa shape index (κ3) is 3.24. The lowest BCUT2D eigenvalue weighted by Gasteiger charge is -2.36. The van der Waals surface area contributed by atoms with Gasteiger partial charge in [0.15, 0.2) is 0 Å². The quantitative estimate of drug-likeness (QED) is 0.831. The Morgan fingerprint density at radius 2 is 1.75 bits per heavy atom. The molecule has 0 bridgehead atoms. The van der Waals surface area contributed by atoms with Crippen molar-refractivity contribution >= 4 is 26.0 Å². The smallest absolute Gasteiger partial charge is 0.243 e. The Balaban J connectivity index is 2.17. The summed E-state index contributed by atoms with van der Waals surface area (Å²) in [4.78, 5) is 2.69. The second-order valence-corrected chi connectivity index (χ2v) is 8.24. The summed E-state index contributed by atoms with van der Waals surface area (Å²) in [5, 5.41) is 0. The van der Waals surface area contributed by atoms with Gasteiger partial charge in [-0.25, -0.2) is 8.42 Å². The molecule has 4 nitrogen and oxygen atoms in total. The van der Waals surface area contributed by atoms with Crippen LogP contribution < -0.4 is 0 Å². The van der Waals surface area contributed by atoms with Crippen molar-refractivity contribution < 1.29 is 8.42 Å². The zero-order valence-electron chi connectivity index (χ0n) is 12.1. The van der Waals surface area contributed by atoms with Crippen molar-refractivity contribution in [2.45, 2.75) is 31.7 Å². The van der Waals surface area contributed by atoms with E-state index in [1.54, 1.807) is 22.5 Å². The van der Waals surface area contributed by atoms with Gasteiger partial charge in [-0.15, -0.1) is 0 Å². The fourth-order valence-corrected chi connectivity index (χ4v) is 4.14. The standard InChI is InChI=1S/C14H21BrN2O2S/c1-11(2)16-6-8-17(9-7-16)20(18,19)13-4-5-14(15)12(3)10-13/h4-5,10-11H,6-9H2,1-3H3. The number of hydrogen-bond donors (Lipinski definition) is 0. The topological polar surface area (TPSA) is 40.6 Å². The van der Waals surface area contributed by atoms with Crippen LogP contribution in [-0.4, -0.2) is 49.8 Å². The zero-order valence-corrected chi connectivity index (χ0v) is 14.5. The van der Waals surface area contributed by atoms with E-state index in [9.17, 15) is 8.42 Å². The van der Waals surface area contributed by atoms with Crippen molar-refractivity contribution in [3.05, 3.63) is 28.2 Å². The summed E-state index contributed by atoms with van der Waals surface area (Å²) in [6, 6.07) is 5.66. The molecule has 0 radical (unpaired) electrons. The lowest BCUT2D eigenvalue weighted by atomic mass is 10.2. The number of rotatable bonds is 3. The maximum atomic E-state index is 12.6. The van der Waals surface area contributed by atoms with Crippen LogP contribution in [-0.2, 0) is 10.0 Å². The zero-order chi connectivity index (χ0) is 14.9. The van der Waals surface area contributed by atoms with E-state index in [2.05, 4.69) is 34.7 Å². The first kappa shape index (κ1) is 15.9. The Bertz CT molecular complexity index is 579. The number of aryl methyl sites for hydroxylation is 1. The molecule has 1 saturated heterocycles. The van der Waals surface area contributed by atoms with Crippen LogP contribution in [0.15, 0.2) is 27.6 Å². The second kappa shape index (κ2) is 6.13. The van der Waals surface area contributed by atoms with Crippen LogP contribution in [0.4, 0.5) is 0 Å². The predicted octanol–water partition coefficient (Wildman–Crippen LogP) is 2.47. The highest BCUT2D eigenvalue weighted by molar-refractivity contribution is 9.10. The summed E-state index contributed by atoms with van der Waals surface area (Å²) < 4.78 is 27.8. The molecule has 1 fully saturated rings. The SMILES string of the molecule is Cc1cc(S(=O)(=O)N2CCN(C(C)C)CC2)ccc1Br. The van der Waals surface area contributed by atoms with E-state index < -0.39 is 10.0 Å². The monoisotopic (exact) mass is 360 g/mol. The maximum Gasteiger partial charge on any atom is 0.243 e. The first-order chi connectivity index (χ1) is 9.32. The van der Waals surface area contributed by atoms with Crippen LogP contribution in [0.3, 0.4) is 0 Å². The second-order valence-electron chi connectivity index (χ2n) is 5.44. The molecule has 0 aromatic heterocycles. The molecule has 0 amide bonds. The van der Waals surface area contributed by atoms with E-state index in [4.69, 9.17) is 0 Å². The van der Waals surface area contributed by atoms with Gasteiger partial charge in [0, 0.05) is 36.7 Å². The van der Waals surface area contributed by atoms with E-state index >= 15 is 0 Å². The van der Waals surface area contributed by atoms with Crippen LogP contribution in [0, 0.1) is 6.92 Å².